The number of nitrogens with one attached hydrogen (secondary N) is 1. The van der Waals surface area contributed by atoms with Gasteiger partial charge in [0.05, 0.1) is 7.11 Å². The third kappa shape index (κ3) is 6.34. The highest BCUT2D eigenvalue weighted by Gasteiger charge is 1.96. The van der Waals surface area contributed by atoms with Gasteiger partial charge in [0.15, 0.2) is 5.96 Å². The zero-order chi connectivity index (χ0) is 14.9. The number of halogens is 1. The van der Waals surface area contributed by atoms with Gasteiger partial charge < -0.3 is 15.8 Å². The monoisotopic (exact) mass is 411 g/mol. The molecule has 0 fully saturated rings. The van der Waals surface area contributed by atoms with Gasteiger partial charge >= 0.3 is 0 Å². The first-order valence-electron chi connectivity index (χ1n) is 7.03. The van der Waals surface area contributed by atoms with E-state index in [0.717, 1.165) is 24.3 Å². The van der Waals surface area contributed by atoms with Gasteiger partial charge in [-0.3, -0.25) is 4.99 Å². The van der Waals surface area contributed by atoms with E-state index in [4.69, 9.17) is 10.5 Å². The lowest BCUT2D eigenvalue weighted by Gasteiger charge is -2.05. The zero-order valence-corrected chi connectivity index (χ0v) is 15.0. The molecule has 2 rings (SSSR count). The third-order valence-electron chi connectivity index (χ3n) is 3.11. The van der Waals surface area contributed by atoms with Crippen molar-refractivity contribution in [3.8, 4) is 5.75 Å². The molecule has 0 saturated heterocycles. The van der Waals surface area contributed by atoms with Crippen molar-refractivity contribution in [1.82, 2.24) is 0 Å². The lowest BCUT2D eigenvalue weighted by atomic mass is 10.1. The van der Waals surface area contributed by atoms with Crippen molar-refractivity contribution in [3.63, 3.8) is 0 Å². The molecule has 0 aliphatic rings. The molecular formula is C17H22IN3O. The van der Waals surface area contributed by atoms with Crippen LogP contribution in [0.4, 0.5) is 5.69 Å². The van der Waals surface area contributed by atoms with Gasteiger partial charge in [0.25, 0.3) is 0 Å². The Bertz CT molecular complexity index is 570. The van der Waals surface area contributed by atoms with E-state index in [2.05, 4.69) is 22.4 Å². The molecule has 0 aliphatic carbocycles. The van der Waals surface area contributed by atoms with Gasteiger partial charge in [0.2, 0.25) is 0 Å². The van der Waals surface area contributed by atoms with Crippen LogP contribution >= 0.6 is 24.0 Å². The summed E-state index contributed by atoms with van der Waals surface area (Å²) in [5, 5.41) is 3.07. The first kappa shape index (κ1) is 18.3. The minimum absolute atomic E-state index is 0. The van der Waals surface area contributed by atoms with Gasteiger partial charge in [-0.25, -0.2) is 0 Å². The lowest BCUT2D eigenvalue weighted by Crippen LogP contribution is -2.22. The lowest BCUT2D eigenvalue weighted by molar-refractivity contribution is 0.414. The zero-order valence-electron chi connectivity index (χ0n) is 12.7. The molecule has 3 N–H and O–H groups in total. The van der Waals surface area contributed by atoms with Gasteiger partial charge in [-0.05, 0) is 42.7 Å². The first-order chi connectivity index (χ1) is 10.3. The molecule has 0 saturated carbocycles. The fourth-order valence-electron chi connectivity index (χ4n) is 1.98. The summed E-state index contributed by atoms with van der Waals surface area (Å²) < 4.78 is 5.14. The third-order valence-corrected chi connectivity index (χ3v) is 3.11. The number of aryl methyl sites for hydroxylation is 1. The smallest absolute Gasteiger partial charge is 0.193 e. The van der Waals surface area contributed by atoms with E-state index in [9.17, 15) is 0 Å². The number of anilines is 1. The molecule has 2 aromatic carbocycles. The van der Waals surface area contributed by atoms with Gasteiger partial charge in [-0.1, -0.05) is 30.3 Å². The summed E-state index contributed by atoms with van der Waals surface area (Å²) >= 11 is 0. The molecule has 0 spiro atoms. The first-order valence-corrected chi connectivity index (χ1v) is 7.03. The average molecular weight is 411 g/mol. The predicted molar refractivity (Wildman–Crippen MR) is 103 cm³/mol. The second kappa shape index (κ2) is 10.0. The van der Waals surface area contributed by atoms with Crippen molar-refractivity contribution in [2.75, 3.05) is 19.0 Å². The molecule has 0 atom stereocenters. The Balaban J connectivity index is 0.00000242. The molecule has 5 heteroatoms. The Morgan fingerprint density at radius 1 is 1.09 bits per heavy atom. The molecule has 22 heavy (non-hydrogen) atoms. The van der Waals surface area contributed by atoms with Gasteiger partial charge in [0.1, 0.15) is 5.75 Å². The van der Waals surface area contributed by atoms with Crippen LogP contribution in [0.25, 0.3) is 0 Å². The molecule has 118 valence electrons. The number of aliphatic imine (C=N–C) groups is 1. The number of para-hydroxylation sites is 1. The van der Waals surface area contributed by atoms with Crippen molar-refractivity contribution in [2.24, 2.45) is 10.7 Å². The summed E-state index contributed by atoms with van der Waals surface area (Å²) in [6.45, 7) is 0.706. The predicted octanol–water partition coefficient (Wildman–Crippen LogP) is 3.67. The number of nitrogens with two attached hydrogens (primary N) is 1. The molecule has 0 unspecified atom stereocenters. The van der Waals surface area contributed by atoms with Crippen molar-refractivity contribution in [2.45, 2.75) is 12.8 Å². The van der Waals surface area contributed by atoms with Crippen molar-refractivity contribution in [1.29, 1.82) is 0 Å². The molecule has 0 radical (unpaired) electrons. The number of nitrogens with zero attached hydrogens (tertiary/aromatic N) is 1. The number of methoxy groups -OCH3 is 1. The molecule has 0 amide bonds. The van der Waals surface area contributed by atoms with Crippen molar-refractivity contribution < 1.29 is 4.74 Å². The van der Waals surface area contributed by atoms with E-state index < -0.39 is 0 Å². The number of benzene rings is 2. The summed E-state index contributed by atoms with van der Waals surface area (Å²) in [5.41, 5.74) is 8.08. The Hall–Kier alpha value is -1.76. The van der Waals surface area contributed by atoms with E-state index in [1.165, 1.54) is 5.56 Å². The number of guanidine groups is 1. The minimum atomic E-state index is 0. The van der Waals surface area contributed by atoms with E-state index in [1.807, 2.05) is 42.5 Å². The van der Waals surface area contributed by atoms with Crippen LogP contribution in [0, 0.1) is 0 Å². The van der Waals surface area contributed by atoms with Crippen molar-refractivity contribution >= 4 is 35.6 Å². The number of hydrogen-bond donors (Lipinski definition) is 2. The van der Waals surface area contributed by atoms with E-state index in [1.54, 1.807) is 7.11 Å². The Morgan fingerprint density at radius 2 is 1.77 bits per heavy atom. The molecule has 0 heterocycles. The van der Waals surface area contributed by atoms with Crippen LogP contribution in [0.5, 0.6) is 5.75 Å². The molecule has 2 aromatic rings. The topological polar surface area (TPSA) is 59.6 Å². The SMILES string of the molecule is COc1ccc(CCCN=C(N)Nc2ccccc2)cc1.I. The van der Waals surface area contributed by atoms with E-state index in [0.29, 0.717) is 12.5 Å². The number of ether oxygens (including phenoxy) is 1. The maximum atomic E-state index is 5.85. The quantitative estimate of drug-likeness (QED) is 0.330. The molecule has 0 aliphatic heterocycles. The molecular weight excluding hydrogens is 389 g/mol. The Kier molecular flexibility index (Phi) is 8.35. The van der Waals surface area contributed by atoms with Gasteiger partial charge in [0, 0.05) is 12.2 Å². The fraction of sp³-hybridized carbons (Fsp3) is 0.235. The van der Waals surface area contributed by atoms with Crippen LogP contribution in [-0.4, -0.2) is 19.6 Å². The van der Waals surface area contributed by atoms with Crippen molar-refractivity contribution in [3.05, 3.63) is 60.2 Å². The molecule has 0 bridgehead atoms. The maximum Gasteiger partial charge on any atom is 0.193 e. The second-order valence-corrected chi connectivity index (χ2v) is 4.71. The standard InChI is InChI=1S/C17H21N3O.HI/c1-21-16-11-9-14(10-12-16)6-5-13-19-17(18)20-15-7-3-2-4-8-15;/h2-4,7-12H,5-6,13H2,1H3,(H3,18,19,20);1H. The van der Waals surface area contributed by atoms with Crippen LogP contribution in [0.15, 0.2) is 59.6 Å². The highest BCUT2D eigenvalue weighted by atomic mass is 127. The number of hydrogen-bond acceptors (Lipinski definition) is 2. The number of rotatable bonds is 6. The normalized spacial score (nSPS) is 10.7. The average Bonchev–Trinajstić information content (AvgIpc) is 2.53. The Morgan fingerprint density at radius 3 is 2.41 bits per heavy atom. The summed E-state index contributed by atoms with van der Waals surface area (Å²) in [6, 6.07) is 17.9. The van der Waals surface area contributed by atoms with Gasteiger partial charge in [-0.15, -0.1) is 24.0 Å². The Labute approximate surface area is 148 Å². The summed E-state index contributed by atoms with van der Waals surface area (Å²) in [7, 11) is 1.67. The second-order valence-electron chi connectivity index (χ2n) is 4.71. The highest BCUT2D eigenvalue weighted by molar-refractivity contribution is 14.0. The van der Waals surface area contributed by atoms with E-state index >= 15 is 0 Å². The van der Waals surface area contributed by atoms with Crippen LogP contribution in [0.3, 0.4) is 0 Å². The largest absolute Gasteiger partial charge is 0.497 e. The summed E-state index contributed by atoms with van der Waals surface area (Å²) in [5.74, 6) is 1.34. The summed E-state index contributed by atoms with van der Waals surface area (Å²) in [4.78, 5) is 4.33. The van der Waals surface area contributed by atoms with Crippen LogP contribution in [0.1, 0.15) is 12.0 Å². The van der Waals surface area contributed by atoms with E-state index in [-0.39, 0.29) is 24.0 Å². The highest BCUT2D eigenvalue weighted by Crippen LogP contribution is 2.12. The summed E-state index contributed by atoms with van der Waals surface area (Å²) in [6.07, 6.45) is 1.94. The van der Waals surface area contributed by atoms with Crippen LogP contribution in [0.2, 0.25) is 0 Å². The van der Waals surface area contributed by atoms with Crippen LogP contribution < -0.4 is 15.8 Å². The van der Waals surface area contributed by atoms with Gasteiger partial charge in [-0.2, -0.15) is 0 Å². The fourth-order valence-corrected chi connectivity index (χ4v) is 1.98. The maximum absolute atomic E-state index is 5.85. The van der Waals surface area contributed by atoms with Crippen LogP contribution in [-0.2, 0) is 6.42 Å². The minimum Gasteiger partial charge on any atom is -0.497 e. The molecule has 4 nitrogen and oxygen atoms in total. The molecule has 0 aromatic heterocycles.